The van der Waals surface area contributed by atoms with Crippen LogP contribution in [0, 0.1) is 0 Å². The lowest BCUT2D eigenvalue weighted by atomic mass is 9.97. The molecule has 3 heterocycles. The van der Waals surface area contributed by atoms with E-state index in [1.54, 1.807) is 19.5 Å². The minimum atomic E-state index is -1.12. The number of fused-ring (bicyclic) bond motifs is 1. The number of nitrogens with one attached hydrogen (secondary N) is 1. The van der Waals surface area contributed by atoms with Gasteiger partial charge in [0.05, 0.1) is 6.42 Å². The third-order valence-electron chi connectivity index (χ3n) is 6.69. The van der Waals surface area contributed by atoms with Crippen molar-refractivity contribution in [3.05, 3.63) is 105 Å². The predicted octanol–water partition coefficient (Wildman–Crippen LogP) is 3.97. The van der Waals surface area contributed by atoms with E-state index >= 15 is 0 Å². The van der Waals surface area contributed by atoms with E-state index in [-0.39, 0.29) is 18.9 Å². The van der Waals surface area contributed by atoms with Crippen molar-refractivity contribution in [2.75, 3.05) is 20.7 Å². The van der Waals surface area contributed by atoms with Crippen LogP contribution in [-0.2, 0) is 30.3 Å². The van der Waals surface area contributed by atoms with Crippen LogP contribution in [0.1, 0.15) is 22.1 Å². The number of hydrogen-bond donors (Lipinski definition) is 1. The summed E-state index contributed by atoms with van der Waals surface area (Å²) in [5.41, 5.74) is 1.96. The van der Waals surface area contributed by atoms with Gasteiger partial charge in [0, 0.05) is 24.5 Å². The number of rotatable bonds is 9. The SMILES string of the molecule is CN(C)C(=O)OCC1=CS[C@@H]2[C@H](NC(=O)Cc3cccs3)C(=O)N2C1C(=O)OC(c1ccccc1)c1ccccc1. The van der Waals surface area contributed by atoms with E-state index in [1.807, 2.05) is 78.2 Å². The molecule has 1 aromatic heterocycles. The fraction of sp³-hybridized carbons (Fsp3) is 0.267. The maximum absolute atomic E-state index is 13.9. The topological polar surface area (TPSA) is 105 Å². The Morgan fingerprint density at radius 1 is 0.976 bits per heavy atom. The van der Waals surface area contributed by atoms with Gasteiger partial charge < -0.3 is 24.6 Å². The smallest absolute Gasteiger partial charge is 0.409 e. The third-order valence-corrected chi connectivity index (χ3v) is 8.78. The summed E-state index contributed by atoms with van der Waals surface area (Å²) in [5, 5.41) is 5.92. The Labute approximate surface area is 246 Å². The molecule has 1 fully saturated rings. The molecule has 2 aromatic carbocycles. The molecule has 0 aliphatic carbocycles. The fourth-order valence-corrected chi connectivity index (χ4v) is 6.56. The number of ether oxygens (including phenoxy) is 2. The van der Waals surface area contributed by atoms with Gasteiger partial charge in [-0.15, -0.1) is 23.1 Å². The summed E-state index contributed by atoms with van der Waals surface area (Å²) in [6.07, 6.45) is -1.13. The van der Waals surface area contributed by atoms with Gasteiger partial charge in [-0.25, -0.2) is 9.59 Å². The zero-order valence-electron chi connectivity index (χ0n) is 22.5. The highest BCUT2D eigenvalue weighted by molar-refractivity contribution is 8.03. The van der Waals surface area contributed by atoms with Crippen LogP contribution >= 0.6 is 23.1 Å². The number of carbonyl (C=O) groups is 4. The zero-order valence-corrected chi connectivity index (χ0v) is 24.1. The second-order valence-electron chi connectivity index (χ2n) is 9.76. The first-order valence-electron chi connectivity index (χ1n) is 13.0. The fourth-order valence-electron chi connectivity index (χ4n) is 4.65. The van der Waals surface area contributed by atoms with E-state index in [0.717, 1.165) is 16.0 Å². The van der Waals surface area contributed by atoms with Gasteiger partial charge in [0.25, 0.3) is 0 Å². The molecule has 0 spiro atoms. The Morgan fingerprint density at radius 3 is 2.22 bits per heavy atom. The largest absolute Gasteiger partial charge is 0.451 e. The summed E-state index contributed by atoms with van der Waals surface area (Å²) < 4.78 is 11.5. The quantitative estimate of drug-likeness (QED) is 0.297. The minimum absolute atomic E-state index is 0.168. The molecular weight excluding hydrogens is 562 g/mol. The van der Waals surface area contributed by atoms with Crippen molar-refractivity contribution in [2.24, 2.45) is 0 Å². The normalized spacial score (nSPS) is 19.5. The number of benzene rings is 2. The van der Waals surface area contributed by atoms with Crippen LogP contribution < -0.4 is 5.32 Å². The summed E-state index contributed by atoms with van der Waals surface area (Å²) in [4.78, 5) is 55.7. The van der Waals surface area contributed by atoms with Gasteiger partial charge in [0.1, 0.15) is 18.0 Å². The molecule has 9 nitrogen and oxygen atoms in total. The first-order valence-corrected chi connectivity index (χ1v) is 14.8. The molecule has 11 heteroatoms. The lowest BCUT2D eigenvalue weighted by Crippen LogP contribution is -2.74. The van der Waals surface area contributed by atoms with Gasteiger partial charge in [-0.05, 0) is 28.0 Å². The minimum Gasteiger partial charge on any atom is -0.451 e. The molecule has 2 aliphatic heterocycles. The van der Waals surface area contributed by atoms with E-state index in [0.29, 0.717) is 5.57 Å². The standard InChI is InChI=1S/C30H29N3O6S2/c1-32(2)30(37)38-17-21-18-41-28-24(31-23(34)16-22-14-9-15-40-22)27(35)33(28)25(21)29(36)39-26(19-10-5-3-6-11-19)20-12-7-4-8-13-20/h3-15,18,24-26,28H,16-17H2,1-2H3,(H,31,34)/t24-,25?,28-/m1/s1. The number of carbonyl (C=O) groups excluding carboxylic acids is 4. The van der Waals surface area contributed by atoms with Crippen LogP contribution in [0.5, 0.6) is 0 Å². The second-order valence-corrected chi connectivity index (χ2v) is 11.8. The van der Waals surface area contributed by atoms with Gasteiger partial charge >= 0.3 is 12.1 Å². The van der Waals surface area contributed by atoms with Gasteiger partial charge in [-0.1, -0.05) is 66.7 Å². The lowest BCUT2D eigenvalue weighted by molar-refractivity contribution is -0.165. The number of nitrogens with zero attached hydrogens (tertiary/aromatic N) is 2. The molecule has 3 atom stereocenters. The summed E-state index contributed by atoms with van der Waals surface area (Å²) in [6, 6.07) is 20.5. The Hall–Kier alpha value is -4.09. The maximum atomic E-state index is 13.9. The summed E-state index contributed by atoms with van der Waals surface area (Å²) in [5.74, 6) is -1.32. The molecule has 0 bridgehead atoms. The first kappa shape index (κ1) is 28.4. The molecule has 3 aromatic rings. The van der Waals surface area contributed by atoms with Crippen LogP contribution in [0.4, 0.5) is 4.79 Å². The molecule has 5 rings (SSSR count). The van der Waals surface area contributed by atoms with Crippen LogP contribution in [0.2, 0.25) is 0 Å². The van der Waals surface area contributed by atoms with Crippen molar-refractivity contribution in [3.8, 4) is 0 Å². The van der Waals surface area contributed by atoms with Crippen molar-refractivity contribution >= 4 is 47.0 Å². The van der Waals surface area contributed by atoms with Gasteiger partial charge in [0.15, 0.2) is 12.1 Å². The second kappa shape index (κ2) is 12.6. The highest BCUT2D eigenvalue weighted by atomic mass is 32.2. The van der Waals surface area contributed by atoms with Crippen LogP contribution in [0.15, 0.2) is 89.2 Å². The molecule has 1 N–H and O–H groups in total. The number of thiophene rings is 1. The molecule has 1 unspecified atom stereocenters. The molecule has 2 aliphatic rings. The molecule has 212 valence electrons. The molecular formula is C30H29N3O6S2. The predicted molar refractivity (Wildman–Crippen MR) is 156 cm³/mol. The number of esters is 1. The van der Waals surface area contributed by atoms with E-state index in [4.69, 9.17) is 9.47 Å². The van der Waals surface area contributed by atoms with Crippen LogP contribution in [0.25, 0.3) is 0 Å². The Morgan fingerprint density at radius 2 is 1.63 bits per heavy atom. The van der Waals surface area contributed by atoms with Crippen molar-refractivity contribution in [1.82, 2.24) is 15.1 Å². The summed E-state index contributed by atoms with van der Waals surface area (Å²) in [7, 11) is 3.11. The highest BCUT2D eigenvalue weighted by Gasteiger charge is 2.56. The Balaban J connectivity index is 1.39. The Kier molecular flexibility index (Phi) is 8.75. The van der Waals surface area contributed by atoms with E-state index < -0.39 is 41.5 Å². The molecule has 1 saturated heterocycles. The van der Waals surface area contributed by atoms with E-state index in [9.17, 15) is 19.2 Å². The highest BCUT2D eigenvalue weighted by Crippen LogP contribution is 2.41. The average molecular weight is 592 g/mol. The molecule has 0 radical (unpaired) electrons. The zero-order chi connectivity index (χ0) is 28.9. The van der Waals surface area contributed by atoms with Crippen LogP contribution in [0.3, 0.4) is 0 Å². The molecule has 3 amide bonds. The molecule has 41 heavy (non-hydrogen) atoms. The maximum Gasteiger partial charge on any atom is 0.409 e. The van der Waals surface area contributed by atoms with Crippen molar-refractivity contribution < 1.29 is 28.7 Å². The van der Waals surface area contributed by atoms with E-state index in [2.05, 4.69) is 5.32 Å². The van der Waals surface area contributed by atoms with Crippen molar-refractivity contribution in [1.29, 1.82) is 0 Å². The molecule has 0 saturated carbocycles. The average Bonchev–Trinajstić information content (AvgIpc) is 3.50. The van der Waals surface area contributed by atoms with Crippen molar-refractivity contribution in [2.45, 2.75) is 30.0 Å². The number of β-lactam (4-membered cyclic amide) rings is 1. The third kappa shape index (κ3) is 6.31. The monoisotopic (exact) mass is 591 g/mol. The van der Waals surface area contributed by atoms with Crippen molar-refractivity contribution in [3.63, 3.8) is 0 Å². The van der Waals surface area contributed by atoms with Gasteiger partial charge in [-0.3, -0.25) is 9.59 Å². The number of hydrogen-bond acceptors (Lipinski definition) is 8. The number of amides is 3. The summed E-state index contributed by atoms with van der Waals surface area (Å²) in [6.45, 7) is -0.197. The first-order chi connectivity index (χ1) is 19.8. The lowest BCUT2D eigenvalue weighted by Gasteiger charge is -2.51. The van der Waals surface area contributed by atoms with Gasteiger partial charge in [-0.2, -0.15) is 0 Å². The Bertz CT molecular complexity index is 1390. The number of thioether (sulfide) groups is 1. The van der Waals surface area contributed by atoms with Gasteiger partial charge in [0.2, 0.25) is 11.8 Å². The van der Waals surface area contributed by atoms with Crippen LogP contribution in [-0.4, -0.2) is 71.8 Å². The van der Waals surface area contributed by atoms with E-state index in [1.165, 1.54) is 32.9 Å². The summed E-state index contributed by atoms with van der Waals surface area (Å²) >= 11 is 2.76.